The topological polar surface area (TPSA) is 54.9 Å². The highest BCUT2D eigenvalue weighted by molar-refractivity contribution is 7.99. The van der Waals surface area contributed by atoms with Gasteiger partial charge in [0.05, 0.1) is 18.9 Å². The zero-order valence-electron chi connectivity index (χ0n) is 18.9. The van der Waals surface area contributed by atoms with E-state index in [1.807, 2.05) is 61.5 Å². The summed E-state index contributed by atoms with van der Waals surface area (Å²) in [5.74, 6) is 2.37. The average Bonchev–Trinajstić information content (AvgIpc) is 3.20. The number of rotatable bonds is 11. The van der Waals surface area contributed by atoms with E-state index in [9.17, 15) is 4.79 Å². The molecule has 0 aliphatic heterocycles. The molecule has 174 valence electrons. The summed E-state index contributed by atoms with van der Waals surface area (Å²) in [6.07, 6.45) is 1.34. The summed E-state index contributed by atoms with van der Waals surface area (Å²) in [5.41, 5.74) is 0.808. The van der Waals surface area contributed by atoms with Crippen molar-refractivity contribution in [1.29, 1.82) is 0 Å². The van der Waals surface area contributed by atoms with Crippen molar-refractivity contribution in [3.05, 3.63) is 42.5 Å². The highest BCUT2D eigenvalue weighted by Crippen LogP contribution is 2.34. The number of thioether (sulfide) groups is 1. The Hall–Kier alpha value is -2.00. The SMILES string of the molecule is COc1ccc(SCCC(=O)N(CCCN(C)C)c2nc3c(OC)cccc3s2)cc1.Cl. The molecule has 0 bridgehead atoms. The second-order valence-corrected chi connectivity index (χ2v) is 9.46. The van der Waals surface area contributed by atoms with Crippen LogP contribution in [0.4, 0.5) is 5.13 Å². The Morgan fingerprint density at radius 2 is 1.81 bits per heavy atom. The lowest BCUT2D eigenvalue weighted by Gasteiger charge is -2.21. The molecule has 3 aromatic rings. The van der Waals surface area contributed by atoms with Crippen LogP contribution in [-0.2, 0) is 4.79 Å². The Morgan fingerprint density at radius 1 is 1.06 bits per heavy atom. The van der Waals surface area contributed by atoms with Crippen molar-refractivity contribution in [3.63, 3.8) is 0 Å². The Morgan fingerprint density at radius 3 is 2.47 bits per heavy atom. The fraction of sp³-hybridized carbons (Fsp3) is 0.391. The molecular weight excluding hydrogens is 466 g/mol. The van der Waals surface area contributed by atoms with Gasteiger partial charge in [-0.15, -0.1) is 24.2 Å². The van der Waals surface area contributed by atoms with E-state index < -0.39 is 0 Å². The number of thiazole rings is 1. The maximum Gasteiger partial charge on any atom is 0.229 e. The van der Waals surface area contributed by atoms with Crippen LogP contribution in [0.1, 0.15) is 12.8 Å². The molecule has 0 unspecified atom stereocenters. The van der Waals surface area contributed by atoms with E-state index in [0.717, 1.165) is 44.7 Å². The molecule has 1 heterocycles. The number of anilines is 1. The van der Waals surface area contributed by atoms with Gasteiger partial charge in [-0.05, 0) is 63.5 Å². The molecule has 0 saturated heterocycles. The quantitative estimate of drug-likeness (QED) is 0.341. The summed E-state index contributed by atoms with van der Waals surface area (Å²) in [7, 11) is 7.38. The lowest BCUT2D eigenvalue weighted by molar-refractivity contribution is -0.118. The number of aromatic nitrogens is 1. The molecule has 0 aliphatic rings. The van der Waals surface area contributed by atoms with Crippen molar-refractivity contribution in [2.45, 2.75) is 17.7 Å². The van der Waals surface area contributed by atoms with Gasteiger partial charge in [0.1, 0.15) is 17.0 Å². The van der Waals surface area contributed by atoms with Crippen LogP contribution in [0, 0.1) is 0 Å². The van der Waals surface area contributed by atoms with Crippen LogP contribution in [0.15, 0.2) is 47.4 Å². The first kappa shape index (κ1) is 26.3. The molecule has 0 radical (unpaired) electrons. The summed E-state index contributed by atoms with van der Waals surface area (Å²) in [5, 5.41) is 0.734. The molecule has 0 fully saturated rings. The number of ether oxygens (including phenoxy) is 2. The summed E-state index contributed by atoms with van der Waals surface area (Å²) < 4.78 is 11.7. The molecule has 32 heavy (non-hydrogen) atoms. The number of amides is 1. The molecule has 3 rings (SSSR count). The van der Waals surface area contributed by atoms with Crippen LogP contribution < -0.4 is 14.4 Å². The van der Waals surface area contributed by atoms with Gasteiger partial charge in [0.2, 0.25) is 5.91 Å². The van der Waals surface area contributed by atoms with Crippen LogP contribution >= 0.6 is 35.5 Å². The second-order valence-electron chi connectivity index (χ2n) is 7.28. The normalized spacial score (nSPS) is 10.8. The Bertz CT molecular complexity index is 996. The average molecular weight is 496 g/mol. The van der Waals surface area contributed by atoms with E-state index in [0.29, 0.717) is 18.7 Å². The second kappa shape index (κ2) is 12.9. The number of halogens is 1. The third-order valence-electron chi connectivity index (χ3n) is 4.75. The molecule has 1 amide bonds. The molecule has 6 nitrogen and oxygen atoms in total. The smallest absolute Gasteiger partial charge is 0.229 e. The lowest BCUT2D eigenvalue weighted by Crippen LogP contribution is -2.33. The van der Waals surface area contributed by atoms with E-state index in [-0.39, 0.29) is 18.3 Å². The van der Waals surface area contributed by atoms with Crippen LogP contribution in [-0.4, -0.2) is 62.9 Å². The van der Waals surface area contributed by atoms with E-state index in [2.05, 4.69) is 4.90 Å². The highest BCUT2D eigenvalue weighted by atomic mass is 35.5. The fourth-order valence-corrected chi connectivity index (χ4v) is 4.99. The Labute approximate surface area is 204 Å². The van der Waals surface area contributed by atoms with E-state index in [1.54, 1.807) is 26.0 Å². The number of carbonyl (C=O) groups excluding carboxylic acids is 1. The number of hydrogen-bond acceptors (Lipinski definition) is 7. The van der Waals surface area contributed by atoms with Crippen LogP contribution in [0.5, 0.6) is 11.5 Å². The van der Waals surface area contributed by atoms with Gasteiger partial charge in [-0.1, -0.05) is 17.4 Å². The number of para-hydroxylation sites is 1. The van der Waals surface area contributed by atoms with Crippen LogP contribution in [0.3, 0.4) is 0 Å². The predicted molar refractivity (Wildman–Crippen MR) is 137 cm³/mol. The van der Waals surface area contributed by atoms with Crippen molar-refractivity contribution in [2.75, 3.05) is 52.1 Å². The minimum Gasteiger partial charge on any atom is -0.497 e. The summed E-state index contributed by atoms with van der Waals surface area (Å²) in [4.78, 5) is 23.0. The first-order valence-corrected chi connectivity index (χ1v) is 12.0. The summed E-state index contributed by atoms with van der Waals surface area (Å²) in [6.45, 7) is 1.56. The van der Waals surface area contributed by atoms with Gasteiger partial charge in [0.15, 0.2) is 5.13 Å². The standard InChI is InChI=1S/C23H29N3O3S2.ClH/c1-25(2)14-6-15-26(23-24-22-19(29-4)7-5-8-20(22)31-23)21(27)13-16-30-18-11-9-17(28-3)10-12-18;/h5,7-12H,6,13-16H2,1-4H3;1H. The number of carbonyl (C=O) groups is 1. The van der Waals surface area contributed by atoms with Crippen LogP contribution in [0.2, 0.25) is 0 Å². The van der Waals surface area contributed by atoms with Gasteiger partial charge < -0.3 is 14.4 Å². The van der Waals surface area contributed by atoms with Crippen molar-refractivity contribution in [1.82, 2.24) is 9.88 Å². The van der Waals surface area contributed by atoms with Gasteiger partial charge >= 0.3 is 0 Å². The first-order chi connectivity index (χ1) is 15.0. The fourth-order valence-electron chi connectivity index (χ4n) is 3.13. The number of methoxy groups -OCH3 is 2. The lowest BCUT2D eigenvalue weighted by atomic mass is 10.3. The molecule has 1 aromatic heterocycles. The third kappa shape index (κ3) is 7.00. The molecule has 0 atom stereocenters. The van der Waals surface area contributed by atoms with E-state index in [1.165, 1.54) is 11.3 Å². The maximum atomic E-state index is 13.2. The zero-order chi connectivity index (χ0) is 22.2. The number of benzene rings is 2. The minimum atomic E-state index is 0. The van der Waals surface area contributed by atoms with Gasteiger partial charge in [0.25, 0.3) is 0 Å². The number of hydrogen-bond donors (Lipinski definition) is 0. The van der Waals surface area contributed by atoms with E-state index in [4.69, 9.17) is 14.5 Å². The monoisotopic (exact) mass is 495 g/mol. The van der Waals surface area contributed by atoms with Gasteiger partial charge in [-0.2, -0.15) is 0 Å². The number of fused-ring (bicyclic) bond motifs is 1. The number of nitrogens with zero attached hydrogens (tertiary/aromatic N) is 3. The Balaban J connectivity index is 0.00000363. The Kier molecular flexibility index (Phi) is 10.6. The third-order valence-corrected chi connectivity index (χ3v) is 6.81. The van der Waals surface area contributed by atoms with Crippen molar-refractivity contribution in [2.24, 2.45) is 0 Å². The highest BCUT2D eigenvalue weighted by Gasteiger charge is 2.20. The maximum absolute atomic E-state index is 13.2. The molecule has 0 aliphatic carbocycles. The van der Waals surface area contributed by atoms with Crippen molar-refractivity contribution >= 4 is 56.8 Å². The summed E-state index contributed by atoms with van der Waals surface area (Å²) in [6, 6.07) is 13.8. The molecule has 9 heteroatoms. The van der Waals surface area contributed by atoms with Crippen LogP contribution in [0.25, 0.3) is 10.2 Å². The molecule has 2 aromatic carbocycles. The van der Waals surface area contributed by atoms with Gasteiger partial charge in [-0.3, -0.25) is 9.69 Å². The van der Waals surface area contributed by atoms with Crippen molar-refractivity contribution in [3.8, 4) is 11.5 Å². The molecular formula is C23H30ClN3O3S2. The summed E-state index contributed by atoms with van der Waals surface area (Å²) >= 11 is 3.21. The molecule has 0 spiro atoms. The largest absolute Gasteiger partial charge is 0.497 e. The first-order valence-electron chi connectivity index (χ1n) is 10.2. The van der Waals surface area contributed by atoms with Gasteiger partial charge in [-0.25, -0.2) is 4.98 Å². The molecule has 0 saturated carbocycles. The molecule has 0 N–H and O–H groups in total. The van der Waals surface area contributed by atoms with Gasteiger partial charge in [0, 0.05) is 23.6 Å². The van der Waals surface area contributed by atoms with E-state index >= 15 is 0 Å². The predicted octanol–water partition coefficient (Wildman–Crippen LogP) is 5.20. The van der Waals surface area contributed by atoms with Crippen molar-refractivity contribution < 1.29 is 14.3 Å². The zero-order valence-corrected chi connectivity index (χ0v) is 21.3. The minimum absolute atomic E-state index is 0.